The number of carbonyl (C=O) groups excluding carboxylic acids is 4. The Hall–Kier alpha value is -3.98. The third kappa shape index (κ3) is 18.6. The van der Waals surface area contributed by atoms with E-state index in [1.807, 2.05) is 302 Å². The molecule has 4 N–H and O–H groups in total. The second kappa shape index (κ2) is 35.8. The van der Waals surface area contributed by atoms with Crippen LogP contribution >= 0.6 is 0 Å². The van der Waals surface area contributed by atoms with Gasteiger partial charge in [-0.2, -0.15) is 0 Å². The molecule has 0 aromatic carbocycles. The van der Waals surface area contributed by atoms with Crippen LogP contribution in [0.15, 0.2) is 24.3 Å². The number of hydrogen-bond acceptors (Lipinski definition) is 12. The summed E-state index contributed by atoms with van der Waals surface area (Å²) in [7, 11) is 70.2. The summed E-state index contributed by atoms with van der Waals surface area (Å²) in [6.45, 7) is 3.62. The molecular formula is C46H42B40N4O12. The molecule has 2 unspecified atom stereocenters. The number of aromatic amines is 2. The Morgan fingerprint density at radius 2 is 0.686 bits per heavy atom. The number of nitrogens with one attached hydrogen (secondary N) is 2. The first-order valence-electron chi connectivity index (χ1n) is 35.0. The predicted octanol–water partition coefficient (Wildman–Crippen LogP) is -5.18. The fourth-order valence-electron chi connectivity index (χ4n) is 14.8. The zero-order chi connectivity index (χ0) is 71.0. The van der Waals surface area contributed by atoms with E-state index >= 15 is 14.4 Å². The number of nitrogens with zero attached hydrogens (tertiary/aromatic N) is 2. The van der Waals surface area contributed by atoms with Gasteiger partial charge in [0.05, 0.1) is 51.5 Å². The molecule has 438 valence electrons. The van der Waals surface area contributed by atoms with E-state index in [9.17, 15) is 24.6 Å². The Morgan fingerprint density at radius 3 is 1.01 bits per heavy atom. The van der Waals surface area contributed by atoms with Gasteiger partial charge in [-0.05, 0) is 98.2 Å². The molecule has 3 aromatic heterocycles. The van der Waals surface area contributed by atoms with Crippen LogP contribution < -0.4 is 0 Å². The third-order valence-corrected chi connectivity index (χ3v) is 20.4. The van der Waals surface area contributed by atoms with Crippen molar-refractivity contribution in [2.75, 3.05) is 13.2 Å². The standard InChI is InChI=1S/C46H42B40N4O12/c1-15-19(5-7-31(91)92)25-12-26-20(6-8-32(93)94)16(2)22(88-26)10-27-34(30(102-46(98)86(42-61-81-82-62-42)66-38-53-73-74-54-38)14-100-44(96)84(40-57-77-78-58-40)64-36-49-69-70-50-36)18(4)24(90-27)11-28-33(17(3)23(89-28)9-21(15)87-25)29(101-45(97)85(41-59-79-80-60-41)65-37-51-71-72-52-37)13-99-43(95)83(39-55-75-76-56-39)63-35-47-67-68-48-35/h9-12,29-30,35-42,89-90H,5-8,13-14H2,1-4H3,(H,91,92)(H,93,94). The molecule has 102 heavy (non-hydrogen) atoms. The maximum Gasteiger partial charge on any atom is 0.303 e. The SMILES string of the molecule is CC1=C(CCC(=O)O)c2cc3nc(cc4[nH]c(cc5[nH]c(cc1n2)c(C)c5C(COC(=O)B([B]C1[B][B][B][B]1)C1[B][B][B][B]1)OC(=O)B([B]C1[B][B][B][B]1)C1[B][B][B][B]1)c(C)c4C(COC(=O)B([B]C1[B][B][B][B]1)C1[B][B][B][B]1)OC(=O)B([B]C1[B][B][B][B]1)C1[B][B][B][B]1)C(C)=C3CCC(=O)O. The van der Waals surface area contributed by atoms with Gasteiger partial charge < -0.3 is 39.1 Å². The molecule has 10 aliphatic rings. The number of carboxylic acids is 2. The molecule has 0 aliphatic carbocycles. The van der Waals surface area contributed by atoms with E-state index in [4.69, 9.17) is 28.9 Å². The summed E-state index contributed by atoms with van der Waals surface area (Å²) >= 11 is 0. The molecule has 16 nitrogen and oxygen atoms in total. The number of carbonyl (C=O) groups is 6. The minimum atomic E-state index is -1.29. The van der Waals surface area contributed by atoms with Crippen molar-refractivity contribution in [3.63, 3.8) is 0 Å². The molecule has 13 heterocycles. The number of H-pyrrole nitrogens is 2. The van der Waals surface area contributed by atoms with Crippen LogP contribution in [-0.2, 0) is 28.5 Å². The summed E-state index contributed by atoms with van der Waals surface area (Å²) in [5.41, 5.74) is 6.33. The second-order valence-corrected chi connectivity index (χ2v) is 27.1. The van der Waals surface area contributed by atoms with Gasteiger partial charge in [-0.1, -0.05) is 0 Å². The molecule has 3 aromatic rings. The van der Waals surface area contributed by atoms with Crippen molar-refractivity contribution in [1.82, 2.24) is 19.9 Å². The van der Waals surface area contributed by atoms with Crippen molar-refractivity contribution in [3.8, 4) is 0 Å². The summed E-state index contributed by atoms with van der Waals surface area (Å²) in [6.07, 6.45) is -2.83. The van der Waals surface area contributed by atoms with Gasteiger partial charge in [0, 0.05) is 274 Å². The van der Waals surface area contributed by atoms with E-state index in [0.717, 1.165) is 0 Å². The predicted molar refractivity (Wildman–Crippen MR) is 450 cm³/mol. The molecule has 10 aliphatic heterocycles. The van der Waals surface area contributed by atoms with Crippen LogP contribution in [0.3, 0.4) is 0 Å². The minimum absolute atomic E-state index is 0.0877. The van der Waals surface area contributed by atoms with Crippen molar-refractivity contribution < 1.29 is 57.9 Å². The van der Waals surface area contributed by atoms with Crippen LogP contribution in [-0.4, -0.2) is 362 Å². The molecule has 8 fully saturated rings. The average molecular weight is 1280 g/mol. The van der Waals surface area contributed by atoms with Gasteiger partial charge in [-0.3, -0.25) is 28.8 Å². The monoisotopic (exact) mass is 1280 g/mol. The van der Waals surface area contributed by atoms with E-state index < -0.39 is 87.2 Å². The quantitative estimate of drug-likeness (QED) is 0.0361. The molecule has 36 radical (unpaired) electrons. The van der Waals surface area contributed by atoms with Gasteiger partial charge in [0.1, 0.15) is 13.2 Å². The average Bonchev–Trinajstić information content (AvgIpc) is 1.61. The number of fused-ring (bicyclic) bond motifs is 8. The largest absolute Gasteiger partial charge is 0.481 e. The lowest BCUT2D eigenvalue weighted by Gasteiger charge is -2.27. The Labute approximate surface area is 629 Å². The number of ether oxygens (including phenoxy) is 4. The van der Waals surface area contributed by atoms with Crippen LogP contribution in [0.4, 0.5) is 19.2 Å². The van der Waals surface area contributed by atoms with E-state index in [-0.39, 0.29) is 70.6 Å². The first-order chi connectivity index (χ1) is 49.5. The number of aryl methyl sites for hydroxylation is 2. The number of allylic oxidation sites excluding steroid dienone is 4. The zero-order valence-corrected chi connectivity index (χ0v) is 57.3. The summed E-state index contributed by atoms with van der Waals surface area (Å²) in [5.74, 6) is -4.23. The number of hydrogen-bond donors (Lipinski definition) is 4. The molecule has 8 saturated heterocycles. The van der Waals surface area contributed by atoms with Crippen LogP contribution in [0.5, 0.6) is 0 Å². The minimum Gasteiger partial charge on any atom is -0.481 e. The van der Waals surface area contributed by atoms with Gasteiger partial charge in [-0.25, -0.2) is 9.97 Å². The smallest absolute Gasteiger partial charge is 0.303 e. The lowest BCUT2D eigenvalue weighted by atomic mass is 9.00. The molecule has 56 heteroatoms. The molecule has 0 saturated carbocycles. The zero-order valence-electron chi connectivity index (χ0n) is 57.3. The molecule has 2 atom stereocenters. The first kappa shape index (κ1) is 76.2. The van der Waals surface area contributed by atoms with Crippen molar-refractivity contribution in [1.29, 1.82) is 0 Å². The highest BCUT2D eigenvalue weighted by Crippen LogP contribution is 2.41. The Bertz CT molecular complexity index is 3820. The van der Waals surface area contributed by atoms with E-state index in [2.05, 4.69) is 9.97 Å². The molecule has 0 spiro atoms. The third-order valence-electron chi connectivity index (χ3n) is 20.4. The molecule has 0 amide bonds. The summed E-state index contributed by atoms with van der Waals surface area (Å²) < 4.78 is 26.9. The maximum atomic E-state index is 15.5. The number of rotatable bonds is 30. The summed E-state index contributed by atoms with van der Waals surface area (Å²) in [5, 5.41) is 20.3. The fourth-order valence-corrected chi connectivity index (χ4v) is 14.8. The van der Waals surface area contributed by atoms with Crippen molar-refractivity contribution in [2.24, 2.45) is 0 Å². The summed E-state index contributed by atoms with van der Waals surface area (Å²) in [4.78, 5) is 104. The van der Waals surface area contributed by atoms with Crippen molar-refractivity contribution in [3.05, 3.63) is 69.3 Å². The second-order valence-electron chi connectivity index (χ2n) is 27.1. The normalized spacial score (nSPS) is 17.8. The highest BCUT2D eigenvalue weighted by molar-refractivity contribution is 7.63. The van der Waals surface area contributed by atoms with Gasteiger partial charge in [0.2, 0.25) is 49.9 Å². The topological polar surface area (TPSA) is 237 Å². The van der Waals surface area contributed by atoms with E-state index in [0.29, 0.717) is 89.4 Å². The van der Waals surface area contributed by atoms with Crippen LogP contribution in [0.2, 0.25) is 44.9 Å². The summed E-state index contributed by atoms with van der Waals surface area (Å²) in [6, 6.07) is 7.32. The van der Waals surface area contributed by atoms with Gasteiger partial charge in [0.25, 0.3) is 0 Å². The van der Waals surface area contributed by atoms with Gasteiger partial charge in [-0.15, -0.1) is 44.9 Å². The van der Waals surface area contributed by atoms with Gasteiger partial charge >= 0.3 is 11.9 Å². The van der Waals surface area contributed by atoms with Crippen LogP contribution in [0, 0.1) is 13.8 Å². The number of aromatic nitrogens is 4. The Morgan fingerprint density at radius 1 is 0.402 bits per heavy atom. The highest BCUT2D eigenvalue weighted by atomic mass is 16.6. The van der Waals surface area contributed by atoms with Crippen molar-refractivity contribution >= 4 is 363 Å². The van der Waals surface area contributed by atoms with E-state index in [1.54, 1.807) is 6.07 Å². The highest BCUT2D eigenvalue weighted by Gasteiger charge is 2.45. The molecular weight excluding hydrogens is 1230 g/mol. The number of carboxylic acid groups (broad SMARTS) is 2. The fraction of sp³-hybridized carbons (Fsp3) is 0.435. The van der Waals surface area contributed by atoms with Gasteiger partial charge in [0.15, 0.2) is 12.2 Å². The first-order valence-corrected chi connectivity index (χ1v) is 35.0. The Balaban J connectivity index is 1.01. The molecule has 8 bridgehead atoms. The lowest BCUT2D eigenvalue weighted by molar-refractivity contribution is -0.137. The van der Waals surface area contributed by atoms with Crippen LogP contribution in [0.1, 0.15) is 96.8 Å². The maximum absolute atomic E-state index is 15.5. The number of aliphatic carboxylic acids is 2. The lowest BCUT2D eigenvalue weighted by Crippen LogP contribution is -2.46. The van der Waals surface area contributed by atoms with Crippen LogP contribution in [0.25, 0.3) is 44.4 Å². The van der Waals surface area contributed by atoms with Crippen molar-refractivity contribution in [2.45, 2.75) is 111 Å². The van der Waals surface area contributed by atoms with E-state index in [1.165, 1.54) is 0 Å². The Kier molecular flexibility index (Phi) is 26.8. The molecule has 13 rings (SSSR count).